The maximum absolute atomic E-state index is 14.0. The van der Waals surface area contributed by atoms with Crippen molar-refractivity contribution >= 4 is 49.9 Å². The first-order valence-electron chi connectivity index (χ1n) is 14.5. The average Bonchev–Trinajstić information content (AvgIpc) is 3.05. The molecule has 5 aromatic carbocycles. The lowest BCUT2D eigenvalue weighted by Gasteiger charge is -2.26. The number of benzene rings is 5. The summed E-state index contributed by atoms with van der Waals surface area (Å²) in [5.74, 6) is -3.19. The van der Waals surface area contributed by atoms with Crippen LogP contribution in [-0.2, 0) is 26.0 Å². The molecule has 45 heavy (non-hydrogen) atoms. The number of nitrogens with one attached hydrogen (secondary N) is 2. The number of hydrogen-bond acceptors (Lipinski definition) is 5. The van der Waals surface area contributed by atoms with Gasteiger partial charge in [0.2, 0.25) is 11.8 Å². The highest BCUT2D eigenvalue weighted by atomic mass is 32.2. The quantitative estimate of drug-likeness (QED) is 0.183. The lowest BCUT2D eigenvalue weighted by Crippen LogP contribution is -2.46. The van der Waals surface area contributed by atoms with Gasteiger partial charge in [-0.15, -0.1) is 0 Å². The molecule has 0 bridgehead atoms. The normalized spacial score (nSPS) is 11.9. The van der Waals surface area contributed by atoms with Gasteiger partial charge in [0.25, 0.3) is 15.9 Å². The van der Waals surface area contributed by atoms with E-state index in [1.807, 2.05) is 31.2 Å². The monoisotopic (exact) mass is 619 g/mol. The third-order valence-corrected chi connectivity index (χ3v) is 8.90. The molecule has 5 rings (SSSR count). The molecular formula is C36H33N3O5S. The molecule has 0 heterocycles. The Bertz CT molecular complexity index is 1960. The first-order valence-corrected chi connectivity index (χ1v) is 16.0. The van der Waals surface area contributed by atoms with E-state index in [0.29, 0.717) is 27.9 Å². The van der Waals surface area contributed by atoms with Crippen molar-refractivity contribution in [3.8, 4) is 0 Å². The predicted molar refractivity (Wildman–Crippen MR) is 177 cm³/mol. The molecule has 0 aliphatic rings. The predicted octanol–water partition coefficient (Wildman–Crippen LogP) is 6.12. The van der Waals surface area contributed by atoms with Crippen LogP contribution in [0.4, 0.5) is 11.4 Å². The fourth-order valence-corrected chi connectivity index (χ4v) is 6.16. The van der Waals surface area contributed by atoms with Crippen LogP contribution in [0.3, 0.4) is 0 Å². The number of fused-ring (bicyclic) bond motifs is 1. The van der Waals surface area contributed by atoms with Crippen molar-refractivity contribution in [2.24, 2.45) is 5.92 Å². The van der Waals surface area contributed by atoms with Crippen molar-refractivity contribution in [1.29, 1.82) is 0 Å². The summed E-state index contributed by atoms with van der Waals surface area (Å²) in [4.78, 5) is 42.1. The highest BCUT2D eigenvalue weighted by Gasteiger charge is 2.34. The topological polar surface area (TPSA) is 113 Å². The van der Waals surface area contributed by atoms with Gasteiger partial charge in [0, 0.05) is 23.5 Å². The van der Waals surface area contributed by atoms with Crippen molar-refractivity contribution in [2.75, 3.05) is 16.8 Å². The van der Waals surface area contributed by atoms with Crippen LogP contribution in [0.5, 0.6) is 0 Å². The van der Waals surface area contributed by atoms with Crippen LogP contribution in [0, 0.1) is 12.8 Å². The summed E-state index contributed by atoms with van der Waals surface area (Å²) in [6.07, 6.45) is -0.101. The second kappa shape index (κ2) is 13.6. The van der Waals surface area contributed by atoms with Crippen LogP contribution >= 0.6 is 0 Å². The van der Waals surface area contributed by atoms with Gasteiger partial charge in [-0.1, -0.05) is 78.9 Å². The SMILES string of the molecule is CCN(C(=O)C(Cc1ccc(C)c(NC(=O)c2ccccc2)c1)C(=O)NS(=O)(=O)c1ccc2ccccc2c1)c1ccccc1. The molecule has 5 aromatic rings. The standard InChI is InChI=1S/C36H33N3O5S/c1-3-39(30-16-8-5-9-17-30)36(42)32(35(41)38-45(43,44)31-21-20-27-12-10-11-15-29(27)24-31)22-26-19-18-25(2)33(23-26)37-34(40)28-13-6-4-7-14-28/h4-21,23-24,32H,3,22H2,1-2H3,(H,37,40)(H,38,41). The number of aryl methyl sites for hydroxylation is 1. The number of hydrogen-bond donors (Lipinski definition) is 2. The molecule has 0 aliphatic heterocycles. The Morgan fingerprint density at radius 2 is 1.40 bits per heavy atom. The first-order chi connectivity index (χ1) is 21.7. The molecular weight excluding hydrogens is 586 g/mol. The van der Waals surface area contributed by atoms with E-state index in [0.717, 1.165) is 10.9 Å². The summed E-state index contributed by atoms with van der Waals surface area (Å²) in [5.41, 5.74) is 2.94. The molecule has 9 heteroatoms. The number of anilines is 2. The smallest absolute Gasteiger partial charge is 0.264 e. The van der Waals surface area contributed by atoms with Crippen LogP contribution in [-0.4, -0.2) is 32.7 Å². The molecule has 0 aliphatic carbocycles. The van der Waals surface area contributed by atoms with E-state index in [9.17, 15) is 22.8 Å². The number of nitrogens with zero attached hydrogens (tertiary/aromatic N) is 1. The molecule has 0 spiro atoms. The Hall–Kier alpha value is -5.28. The Balaban J connectivity index is 1.46. The molecule has 0 fully saturated rings. The summed E-state index contributed by atoms with van der Waals surface area (Å²) in [7, 11) is -4.31. The lowest BCUT2D eigenvalue weighted by molar-refractivity contribution is -0.132. The largest absolute Gasteiger partial charge is 0.322 e. The summed E-state index contributed by atoms with van der Waals surface area (Å²) in [6, 6.07) is 34.8. The summed E-state index contributed by atoms with van der Waals surface area (Å²) >= 11 is 0. The third kappa shape index (κ3) is 7.27. The van der Waals surface area contributed by atoms with E-state index in [-0.39, 0.29) is 23.8 Å². The van der Waals surface area contributed by atoms with E-state index in [2.05, 4.69) is 10.0 Å². The fourth-order valence-electron chi connectivity index (χ4n) is 5.10. The van der Waals surface area contributed by atoms with E-state index in [1.54, 1.807) is 91.9 Å². The van der Waals surface area contributed by atoms with Gasteiger partial charge in [-0.2, -0.15) is 0 Å². The van der Waals surface area contributed by atoms with Crippen LogP contribution < -0.4 is 14.9 Å². The second-order valence-corrected chi connectivity index (χ2v) is 12.3. The highest BCUT2D eigenvalue weighted by Crippen LogP contribution is 2.25. The molecule has 8 nitrogen and oxygen atoms in total. The molecule has 228 valence electrons. The molecule has 2 N–H and O–H groups in total. The minimum atomic E-state index is -4.31. The van der Waals surface area contributed by atoms with E-state index in [1.165, 1.54) is 17.0 Å². The average molecular weight is 620 g/mol. The van der Waals surface area contributed by atoms with Gasteiger partial charge in [0.1, 0.15) is 5.92 Å². The molecule has 1 unspecified atom stereocenters. The van der Waals surface area contributed by atoms with Crippen molar-refractivity contribution in [2.45, 2.75) is 25.2 Å². The van der Waals surface area contributed by atoms with Crippen molar-refractivity contribution < 1.29 is 22.8 Å². The van der Waals surface area contributed by atoms with Crippen LogP contribution in [0.2, 0.25) is 0 Å². The molecule has 0 aromatic heterocycles. The van der Waals surface area contributed by atoms with Gasteiger partial charge in [-0.05, 0) is 84.6 Å². The van der Waals surface area contributed by atoms with Gasteiger partial charge in [0.05, 0.1) is 4.90 Å². The number of amides is 3. The zero-order valence-electron chi connectivity index (χ0n) is 24.9. The Kier molecular flexibility index (Phi) is 9.39. The van der Waals surface area contributed by atoms with Gasteiger partial charge < -0.3 is 10.2 Å². The Labute approximate surface area is 262 Å². The van der Waals surface area contributed by atoms with E-state index in [4.69, 9.17) is 0 Å². The maximum Gasteiger partial charge on any atom is 0.264 e. The fraction of sp³-hybridized carbons (Fsp3) is 0.139. The Morgan fingerprint density at radius 1 is 0.756 bits per heavy atom. The van der Waals surface area contributed by atoms with Crippen molar-refractivity contribution in [3.05, 3.63) is 138 Å². The molecule has 0 saturated heterocycles. The number of sulfonamides is 1. The summed E-state index contributed by atoms with van der Waals surface area (Å²) < 4.78 is 29.0. The summed E-state index contributed by atoms with van der Waals surface area (Å²) in [5, 5.41) is 4.46. The highest BCUT2D eigenvalue weighted by molar-refractivity contribution is 7.90. The van der Waals surface area contributed by atoms with E-state index < -0.39 is 27.8 Å². The molecule has 3 amide bonds. The number of para-hydroxylation sites is 1. The van der Waals surface area contributed by atoms with Crippen molar-refractivity contribution in [1.82, 2.24) is 4.72 Å². The molecule has 0 radical (unpaired) electrons. The number of carbonyl (C=O) groups is 3. The maximum atomic E-state index is 14.0. The minimum absolute atomic E-state index is 0.0857. The zero-order chi connectivity index (χ0) is 32.0. The summed E-state index contributed by atoms with van der Waals surface area (Å²) in [6.45, 7) is 3.88. The van der Waals surface area contributed by atoms with Crippen molar-refractivity contribution in [3.63, 3.8) is 0 Å². The van der Waals surface area contributed by atoms with Gasteiger partial charge in [-0.3, -0.25) is 14.4 Å². The van der Waals surface area contributed by atoms with Gasteiger partial charge in [-0.25, -0.2) is 13.1 Å². The lowest BCUT2D eigenvalue weighted by atomic mass is 9.95. The number of rotatable bonds is 10. The second-order valence-electron chi connectivity index (χ2n) is 10.6. The number of carbonyl (C=O) groups excluding carboxylic acids is 3. The zero-order valence-corrected chi connectivity index (χ0v) is 25.8. The van der Waals surface area contributed by atoms with Crippen LogP contribution in [0.15, 0.2) is 126 Å². The Morgan fingerprint density at radius 3 is 2.09 bits per heavy atom. The third-order valence-electron chi connectivity index (χ3n) is 7.56. The molecule has 0 saturated carbocycles. The van der Waals surface area contributed by atoms with Crippen LogP contribution in [0.25, 0.3) is 10.8 Å². The molecule has 1 atom stereocenters. The minimum Gasteiger partial charge on any atom is -0.322 e. The van der Waals surface area contributed by atoms with Crippen LogP contribution in [0.1, 0.15) is 28.4 Å². The van der Waals surface area contributed by atoms with Gasteiger partial charge >= 0.3 is 0 Å². The first kappa shape index (κ1) is 31.2. The van der Waals surface area contributed by atoms with Gasteiger partial charge in [0.15, 0.2) is 0 Å². The van der Waals surface area contributed by atoms with E-state index >= 15 is 0 Å².